The molecule has 0 fully saturated rings. The summed E-state index contributed by atoms with van der Waals surface area (Å²) in [4.78, 5) is 14.5. The molecule has 0 saturated heterocycles. The van der Waals surface area contributed by atoms with E-state index in [0.29, 0.717) is 26.3 Å². The summed E-state index contributed by atoms with van der Waals surface area (Å²) in [5.41, 5.74) is 11.4. The van der Waals surface area contributed by atoms with Gasteiger partial charge < -0.3 is 20.7 Å². The van der Waals surface area contributed by atoms with Gasteiger partial charge in [-0.15, -0.1) is 0 Å². The van der Waals surface area contributed by atoms with E-state index in [0.717, 1.165) is 47.5 Å². The first-order valence-corrected chi connectivity index (χ1v) is 9.22. The molecule has 0 atom stereocenters. The first kappa shape index (κ1) is 18.3. The second kappa shape index (κ2) is 8.72. The first-order chi connectivity index (χ1) is 12.7. The van der Waals surface area contributed by atoms with Crippen LogP contribution in [0.15, 0.2) is 42.5 Å². The van der Waals surface area contributed by atoms with Crippen LogP contribution in [-0.4, -0.2) is 25.6 Å². The van der Waals surface area contributed by atoms with E-state index in [2.05, 4.69) is 16.3 Å². The fourth-order valence-corrected chi connectivity index (χ4v) is 3.30. The number of amides is 1. The van der Waals surface area contributed by atoms with Crippen molar-refractivity contribution in [3.05, 3.63) is 59.2 Å². The summed E-state index contributed by atoms with van der Waals surface area (Å²) in [5.74, 6) is 0.0265. The largest absolute Gasteiger partial charge is 0.398 e. The van der Waals surface area contributed by atoms with E-state index >= 15 is 0 Å². The van der Waals surface area contributed by atoms with Gasteiger partial charge in [0, 0.05) is 31.1 Å². The van der Waals surface area contributed by atoms with Crippen LogP contribution < -0.4 is 16.0 Å². The minimum atomic E-state index is 0.0265. The molecule has 5 heteroatoms. The van der Waals surface area contributed by atoms with Gasteiger partial charge in [-0.1, -0.05) is 30.3 Å². The Morgan fingerprint density at radius 2 is 1.96 bits per heavy atom. The minimum Gasteiger partial charge on any atom is -0.398 e. The number of carbonyl (C=O) groups is 1. The van der Waals surface area contributed by atoms with Crippen molar-refractivity contribution in [2.45, 2.75) is 32.9 Å². The highest BCUT2D eigenvalue weighted by Gasteiger charge is 2.20. The van der Waals surface area contributed by atoms with E-state index in [1.807, 2.05) is 43.3 Å². The molecule has 0 aliphatic carbocycles. The zero-order valence-electron chi connectivity index (χ0n) is 15.3. The summed E-state index contributed by atoms with van der Waals surface area (Å²) in [5, 5.41) is 3.01. The molecule has 1 amide bonds. The summed E-state index contributed by atoms with van der Waals surface area (Å²) in [6.45, 7) is 5.10. The summed E-state index contributed by atoms with van der Waals surface area (Å²) >= 11 is 0. The molecular weight excluding hydrogens is 326 g/mol. The van der Waals surface area contributed by atoms with Crippen molar-refractivity contribution in [1.82, 2.24) is 5.32 Å². The molecule has 0 saturated carbocycles. The van der Waals surface area contributed by atoms with Crippen LogP contribution in [0.2, 0.25) is 0 Å². The molecule has 5 nitrogen and oxygen atoms in total. The number of fused-ring (bicyclic) bond motifs is 1. The Kier molecular flexibility index (Phi) is 6.12. The van der Waals surface area contributed by atoms with Gasteiger partial charge in [0.15, 0.2) is 0 Å². The summed E-state index contributed by atoms with van der Waals surface area (Å²) in [7, 11) is 0. The average Bonchev–Trinajstić information content (AvgIpc) is 2.66. The van der Waals surface area contributed by atoms with Gasteiger partial charge in [0.25, 0.3) is 0 Å². The van der Waals surface area contributed by atoms with Crippen LogP contribution in [0.1, 0.15) is 30.0 Å². The molecule has 1 aliphatic rings. The molecular formula is C21H27N3O2. The minimum absolute atomic E-state index is 0.0265. The second-order valence-corrected chi connectivity index (χ2v) is 6.60. The Morgan fingerprint density at radius 1 is 1.19 bits per heavy atom. The van der Waals surface area contributed by atoms with Crippen LogP contribution in [0, 0.1) is 0 Å². The van der Waals surface area contributed by atoms with Gasteiger partial charge in [0.05, 0.1) is 13.2 Å². The molecule has 1 aliphatic heterocycles. The third-order valence-electron chi connectivity index (χ3n) is 4.70. The van der Waals surface area contributed by atoms with E-state index < -0.39 is 0 Å². The lowest BCUT2D eigenvalue weighted by Gasteiger charge is -2.31. The number of ether oxygens (including phenoxy) is 1. The molecule has 138 valence electrons. The number of hydrogen-bond acceptors (Lipinski definition) is 4. The van der Waals surface area contributed by atoms with Crippen LogP contribution in [0.25, 0.3) is 0 Å². The Bertz CT molecular complexity index is 743. The standard InChI is InChI=1S/C21H27N3O2/c1-2-26-15-17-10-8-16(9-11-17)13-23-21(25)14-24-12-4-5-18-19(22)6-3-7-20(18)24/h3,6-11H,2,4-5,12-15,22H2,1H3,(H,23,25). The molecule has 0 spiro atoms. The number of carbonyl (C=O) groups excluding carboxylic acids is 1. The van der Waals surface area contributed by atoms with Crippen molar-refractivity contribution in [3.63, 3.8) is 0 Å². The number of hydrogen-bond donors (Lipinski definition) is 2. The van der Waals surface area contributed by atoms with E-state index in [4.69, 9.17) is 10.5 Å². The molecule has 1 heterocycles. The van der Waals surface area contributed by atoms with Gasteiger partial charge in [-0.2, -0.15) is 0 Å². The number of nitrogens with one attached hydrogen (secondary N) is 1. The molecule has 2 aromatic rings. The highest BCUT2D eigenvalue weighted by molar-refractivity contribution is 5.82. The topological polar surface area (TPSA) is 67.6 Å². The van der Waals surface area contributed by atoms with E-state index in [1.54, 1.807) is 0 Å². The van der Waals surface area contributed by atoms with Crippen molar-refractivity contribution in [1.29, 1.82) is 0 Å². The maximum Gasteiger partial charge on any atom is 0.239 e. The Labute approximate surface area is 155 Å². The number of benzene rings is 2. The summed E-state index contributed by atoms with van der Waals surface area (Å²) in [6, 6.07) is 14.1. The number of nitrogen functional groups attached to an aromatic ring is 1. The molecule has 3 rings (SSSR count). The number of rotatable bonds is 7. The van der Waals surface area contributed by atoms with E-state index in [1.165, 1.54) is 0 Å². The highest BCUT2D eigenvalue weighted by atomic mass is 16.5. The summed E-state index contributed by atoms with van der Waals surface area (Å²) in [6.07, 6.45) is 2.00. The lowest BCUT2D eigenvalue weighted by Crippen LogP contribution is -2.39. The van der Waals surface area contributed by atoms with Crippen molar-refractivity contribution >= 4 is 17.3 Å². The van der Waals surface area contributed by atoms with Gasteiger partial charge in [-0.05, 0) is 48.6 Å². The molecule has 0 bridgehead atoms. The van der Waals surface area contributed by atoms with Gasteiger partial charge in [0.1, 0.15) is 0 Å². The molecule has 0 unspecified atom stereocenters. The Balaban J connectivity index is 1.53. The molecule has 0 radical (unpaired) electrons. The Hall–Kier alpha value is -2.53. The smallest absolute Gasteiger partial charge is 0.239 e. The number of nitrogens with zero attached hydrogens (tertiary/aromatic N) is 1. The van der Waals surface area contributed by atoms with Crippen molar-refractivity contribution in [3.8, 4) is 0 Å². The maximum absolute atomic E-state index is 12.4. The highest BCUT2D eigenvalue weighted by Crippen LogP contribution is 2.30. The molecule has 0 aromatic heterocycles. The average molecular weight is 353 g/mol. The van der Waals surface area contributed by atoms with Crippen LogP contribution in [0.5, 0.6) is 0 Å². The predicted molar refractivity (Wildman–Crippen MR) is 105 cm³/mol. The van der Waals surface area contributed by atoms with Gasteiger partial charge in [-0.3, -0.25) is 4.79 Å². The second-order valence-electron chi connectivity index (χ2n) is 6.60. The van der Waals surface area contributed by atoms with Crippen LogP contribution in [0.3, 0.4) is 0 Å². The fourth-order valence-electron chi connectivity index (χ4n) is 3.30. The predicted octanol–water partition coefficient (Wildman–Crippen LogP) is 2.87. The third kappa shape index (κ3) is 4.55. The van der Waals surface area contributed by atoms with Crippen LogP contribution in [0.4, 0.5) is 11.4 Å². The van der Waals surface area contributed by atoms with Crippen LogP contribution >= 0.6 is 0 Å². The summed E-state index contributed by atoms with van der Waals surface area (Å²) < 4.78 is 5.40. The SMILES string of the molecule is CCOCc1ccc(CNC(=O)CN2CCCc3c(N)cccc32)cc1. The van der Waals surface area contributed by atoms with E-state index in [-0.39, 0.29) is 5.91 Å². The molecule has 26 heavy (non-hydrogen) atoms. The normalized spacial score (nSPS) is 13.3. The fraction of sp³-hybridized carbons (Fsp3) is 0.381. The van der Waals surface area contributed by atoms with Crippen molar-refractivity contribution in [2.24, 2.45) is 0 Å². The number of anilines is 2. The van der Waals surface area contributed by atoms with Gasteiger partial charge >= 0.3 is 0 Å². The molecule has 2 aromatic carbocycles. The van der Waals surface area contributed by atoms with Gasteiger partial charge in [0.2, 0.25) is 5.91 Å². The van der Waals surface area contributed by atoms with Crippen LogP contribution in [-0.2, 0) is 29.1 Å². The van der Waals surface area contributed by atoms with E-state index in [9.17, 15) is 4.79 Å². The lowest BCUT2D eigenvalue weighted by molar-refractivity contribution is -0.119. The lowest BCUT2D eigenvalue weighted by atomic mass is 10.00. The Morgan fingerprint density at radius 3 is 2.73 bits per heavy atom. The first-order valence-electron chi connectivity index (χ1n) is 9.22. The molecule has 3 N–H and O–H groups in total. The quantitative estimate of drug-likeness (QED) is 0.751. The number of nitrogens with two attached hydrogens (primary N) is 1. The maximum atomic E-state index is 12.4. The van der Waals surface area contributed by atoms with Crippen molar-refractivity contribution < 1.29 is 9.53 Å². The van der Waals surface area contributed by atoms with Crippen molar-refractivity contribution in [2.75, 3.05) is 30.3 Å². The van der Waals surface area contributed by atoms with Gasteiger partial charge in [-0.25, -0.2) is 0 Å². The zero-order valence-corrected chi connectivity index (χ0v) is 15.3. The third-order valence-corrected chi connectivity index (χ3v) is 4.70. The zero-order chi connectivity index (χ0) is 18.4. The monoisotopic (exact) mass is 353 g/mol.